The van der Waals surface area contributed by atoms with Crippen LogP contribution in [0.5, 0.6) is 5.75 Å². The summed E-state index contributed by atoms with van der Waals surface area (Å²) in [6.45, 7) is 10.9. The van der Waals surface area contributed by atoms with Gasteiger partial charge in [0.05, 0.1) is 6.61 Å². The summed E-state index contributed by atoms with van der Waals surface area (Å²) in [6.07, 6.45) is 3.58. The van der Waals surface area contributed by atoms with Crippen LogP contribution in [0.4, 0.5) is 0 Å². The van der Waals surface area contributed by atoms with Gasteiger partial charge < -0.3 is 15.0 Å². The molecule has 0 unspecified atom stereocenters. The standard InChI is InChI=1S/C18H30N2O/c1-15-6-7-16(2)17(14-15)21-13-5-10-20-11-8-18(3,19-4)9-12-20/h6-7,14,19H,5,8-13H2,1-4H3. The SMILES string of the molecule is CNC1(C)CCN(CCCOc2cc(C)ccc2C)CC1. The maximum absolute atomic E-state index is 5.93. The van der Waals surface area contributed by atoms with E-state index in [0.717, 1.165) is 25.3 Å². The predicted molar refractivity (Wildman–Crippen MR) is 89.2 cm³/mol. The molecule has 1 fully saturated rings. The Labute approximate surface area is 129 Å². The van der Waals surface area contributed by atoms with Crippen molar-refractivity contribution in [2.75, 3.05) is 33.3 Å². The van der Waals surface area contributed by atoms with E-state index in [4.69, 9.17) is 4.74 Å². The molecule has 0 aromatic heterocycles. The van der Waals surface area contributed by atoms with Crippen molar-refractivity contribution in [1.29, 1.82) is 0 Å². The highest BCUT2D eigenvalue weighted by Gasteiger charge is 2.27. The number of hydrogen-bond acceptors (Lipinski definition) is 3. The lowest BCUT2D eigenvalue weighted by Gasteiger charge is -2.39. The van der Waals surface area contributed by atoms with Crippen LogP contribution >= 0.6 is 0 Å². The monoisotopic (exact) mass is 290 g/mol. The number of piperidine rings is 1. The molecule has 118 valence electrons. The minimum atomic E-state index is 0.339. The zero-order valence-electron chi connectivity index (χ0n) is 14.0. The molecule has 1 heterocycles. The number of benzene rings is 1. The second-order valence-electron chi connectivity index (χ2n) is 6.62. The van der Waals surface area contributed by atoms with Crippen LogP contribution in [0, 0.1) is 13.8 Å². The van der Waals surface area contributed by atoms with Crippen LogP contribution in [0.3, 0.4) is 0 Å². The molecule has 0 spiro atoms. The molecule has 0 amide bonds. The molecule has 0 atom stereocenters. The van der Waals surface area contributed by atoms with Gasteiger partial charge in [-0.1, -0.05) is 12.1 Å². The Kier molecular flexibility index (Phi) is 5.65. The van der Waals surface area contributed by atoms with E-state index < -0.39 is 0 Å². The van der Waals surface area contributed by atoms with Crippen LogP contribution in [0.1, 0.15) is 37.3 Å². The Bertz CT molecular complexity index is 451. The molecule has 21 heavy (non-hydrogen) atoms. The van der Waals surface area contributed by atoms with Gasteiger partial charge in [-0.3, -0.25) is 0 Å². The fourth-order valence-corrected chi connectivity index (χ4v) is 2.85. The van der Waals surface area contributed by atoms with Gasteiger partial charge in [-0.15, -0.1) is 0 Å². The molecule has 0 bridgehead atoms. The second-order valence-corrected chi connectivity index (χ2v) is 6.62. The lowest BCUT2D eigenvalue weighted by molar-refractivity contribution is 0.144. The predicted octanol–water partition coefficient (Wildman–Crippen LogP) is 3.15. The summed E-state index contributed by atoms with van der Waals surface area (Å²) in [4.78, 5) is 2.56. The first-order valence-electron chi connectivity index (χ1n) is 8.14. The average molecular weight is 290 g/mol. The Morgan fingerprint density at radius 3 is 2.62 bits per heavy atom. The Morgan fingerprint density at radius 1 is 1.24 bits per heavy atom. The molecule has 1 aliphatic heterocycles. The molecule has 3 heteroatoms. The summed E-state index contributed by atoms with van der Waals surface area (Å²) in [5.41, 5.74) is 2.83. The topological polar surface area (TPSA) is 24.5 Å². The number of nitrogens with one attached hydrogen (secondary N) is 1. The first-order chi connectivity index (χ1) is 10.0. The summed E-state index contributed by atoms with van der Waals surface area (Å²) in [6, 6.07) is 6.40. The summed E-state index contributed by atoms with van der Waals surface area (Å²) >= 11 is 0. The van der Waals surface area contributed by atoms with Crippen LogP contribution in [0.25, 0.3) is 0 Å². The Balaban J connectivity index is 1.68. The zero-order chi connectivity index (χ0) is 15.3. The molecule has 1 saturated heterocycles. The Hall–Kier alpha value is -1.06. The molecular formula is C18H30N2O. The van der Waals surface area contributed by atoms with E-state index in [1.54, 1.807) is 0 Å². The molecule has 0 aliphatic carbocycles. The summed E-state index contributed by atoms with van der Waals surface area (Å²) in [5, 5.41) is 3.45. The highest BCUT2D eigenvalue weighted by atomic mass is 16.5. The normalized spacial score (nSPS) is 18.7. The molecule has 0 saturated carbocycles. The first kappa shape index (κ1) is 16.3. The second kappa shape index (κ2) is 7.28. The fraction of sp³-hybridized carbons (Fsp3) is 0.667. The van der Waals surface area contributed by atoms with Crippen molar-refractivity contribution in [2.24, 2.45) is 0 Å². The van der Waals surface area contributed by atoms with E-state index in [-0.39, 0.29) is 0 Å². The van der Waals surface area contributed by atoms with Crippen LogP contribution in [0.15, 0.2) is 18.2 Å². The van der Waals surface area contributed by atoms with Crippen LogP contribution in [-0.4, -0.2) is 43.7 Å². The van der Waals surface area contributed by atoms with E-state index in [1.807, 2.05) is 0 Å². The summed E-state index contributed by atoms with van der Waals surface area (Å²) in [5.74, 6) is 1.04. The lowest BCUT2D eigenvalue weighted by atomic mass is 9.90. The molecule has 1 aliphatic rings. The van der Waals surface area contributed by atoms with E-state index in [1.165, 1.54) is 37.1 Å². The first-order valence-corrected chi connectivity index (χ1v) is 8.14. The van der Waals surface area contributed by atoms with Gasteiger partial charge in [0.1, 0.15) is 5.75 Å². The van der Waals surface area contributed by atoms with Crippen molar-refractivity contribution >= 4 is 0 Å². The van der Waals surface area contributed by atoms with Crippen molar-refractivity contribution in [2.45, 2.75) is 45.6 Å². The van der Waals surface area contributed by atoms with Gasteiger partial charge in [0.2, 0.25) is 0 Å². The van der Waals surface area contributed by atoms with Crippen molar-refractivity contribution in [1.82, 2.24) is 10.2 Å². The maximum Gasteiger partial charge on any atom is 0.122 e. The van der Waals surface area contributed by atoms with Gasteiger partial charge in [-0.2, -0.15) is 0 Å². The van der Waals surface area contributed by atoms with Gasteiger partial charge in [-0.05, 0) is 77.4 Å². The average Bonchev–Trinajstić information content (AvgIpc) is 2.49. The summed E-state index contributed by atoms with van der Waals surface area (Å²) in [7, 11) is 2.08. The Morgan fingerprint density at radius 2 is 1.95 bits per heavy atom. The van der Waals surface area contributed by atoms with Gasteiger partial charge in [0.25, 0.3) is 0 Å². The van der Waals surface area contributed by atoms with Crippen molar-refractivity contribution in [3.63, 3.8) is 0 Å². The quantitative estimate of drug-likeness (QED) is 0.815. The third-order valence-corrected chi connectivity index (χ3v) is 4.78. The smallest absolute Gasteiger partial charge is 0.122 e. The van der Waals surface area contributed by atoms with Crippen LogP contribution in [0.2, 0.25) is 0 Å². The van der Waals surface area contributed by atoms with Crippen LogP contribution < -0.4 is 10.1 Å². The zero-order valence-corrected chi connectivity index (χ0v) is 14.0. The molecular weight excluding hydrogens is 260 g/mol. The molecule has 0 radical (unpaired) electrons. The maximum atomic E-state index is 5.93. The van der Waals surface area contributed by atoms with E-state index >= 15 is 0 Å². The van der Waals surface area contributed by atoms with Gasteiger partial charge in [-0.25, -0.2) is 0 Å². The van der Waals surface area contributed by atoms with Crippen molar-refractivity contribution < 1.29 is 4.74 Å². The van der Waals surface area contributed by atoms with E-state index in [2.05, 4.69) is 56.2 Å². The molecule has 1 N–H and O–H groups in total. The minimum Gasteiger partial charge on any atom is -0.493 e. The number of aryl methyl sites for hydroxylation is 2. The number of ether oxygens (including phenoxy) is 1. The summed E-state index contributed by atoms with van der Waals surface area (Å²) < 4.78 is 5.93. The third-order valence-electron chi connectivity index (χ3n) is 4.78. The third kappa shape index (κ3) is 4.72. The van der Waals surface area contributed by atoms with Gasteiger partial charge >= 0.3 is 0 Å². The van der Waals surface area contributed by atoms with Crippen LogP contribution in [-0.2, 0) is 0 Å². The van der Waals surface area contributed by atoms with Crippen molar-refractivity contribution in [3.05, 3.63) is 29.3 Å². The highest BCUT2D eigenvalue weighted by Crippen LogP contribution is 2.22. The fourth-order valence-electron chi connectivity index (χ4n) is 2.85. The van der Waals surface area contributed by atoms with E-state index in [0.29, 0.717) is 5.54 Å². The number of hydrogen-bond donors (Lipinski definition) is 1. The largest absolute Gasteiger partial charge is 0.493 e. The highest BCUT2D eigenvalue weighted by molar-refractivity contribution is 5.35. The van der Waals surface area contributed by atoms with Gasteiger partial charge in [0.15, 0.2) is 0 Å². The molecule has 3 nitrogen and oxygen atoms in total. The molecule has 1 aromatic carbocycles. The van der Waals surface area contributed by atoms with E-state index in [9.17, 15) is 0 Å². The number of likely N-dealkylation sites (tertiary alicyclic amines) is 1. The van der Waals surface area contributed by atoms with Gasteiger partial charge in [0, 0.05) is 12.1 Å². The molecule has 1 aromatic rings. The number of rotatable bonds is 6. The lowest BCUT2D eigenvalue weighted by Crippen LogP contribution is -2.50. The molecule has 2 rings (SSSR count). The number of nitrogens with zero attached hydrogens (tertiary/aromatic N) is 1. The minimum absolute atomic E-state index is 0.339. The van der Waals surface area contributed by atoms with Crippen molar-refractivity contribution in [3.8, 4) is 5.75 Å².